The third kappa shape index (κ3) is 4.52. The molecule has 0 amide bonds. The van der Waals surface area contributed by atoms with Crippen LogP contribution >= 0.6 is 12.2 Å². The molecular weight excluding hydrogens is 346 g/mol. The summed E-state index contributed by atoms with van der Waals surface area (Å²) in [5.74, 6) is 2.02. The van der Waals surface area contributed by atoms with Gasteiger partial charge in [0.1, 0.15) is 13.2 Å². The Labute approximate surface area is 159 Å². The van der Waals surface area contributed by atoms with Gasteiger partial charge in [0.2, 0.25) is 0 Å². The fourth-order valence-corrected chi connectivity index (χ4v) is 2.74. The maximum Gasteiger partial charge on any atom is 0.191 e. The number of hydrazone groups is 1. The molecule has 6 heteroatoms. The predicted molar refractivity (Wildman–Crippen MR) is 110 cm³/mol. The van der Waals surface area contributed by atoms with Crippen LogP contribution in [0.4, 0.5) is 5.69 Å². The van der Waals surface area contributed by atoms with Gasteiger partial charge < -0.3 is 14.8 Å². The molecule has 5 nitrogen and oxygen atoms in total. The Morgan fingerprint density at radius 1 is 1.04 bits per heavy atom. The first kappa shape index (κ1) is 18.2. The number of hydrogen-bond donors (Lipinski definition) is 2. The number of ether oxygens (including phenoxy) is 2. The van der Waals surface area contributed by atoms with Crippen molar-refractivity contribution in [1.82, 2.24) is 5.43 Å². The molecule has 2 N–H and O–H groups in total. The molecule has 0 spiro atoms. The van der Waals surface area contributed by atoms with Crippen LogP contribution in [0.15, 0.2) is 47.6 Å². The summed E-state index contributed by atoms with van der Waals surface area (Å²) in [4.78, 5) is 0. The topological polar surface area (TPSA) is 54.9 Å². The molecule has 0 saturated heterocycles. The number of fused-ring (bicyclic) bond motifs is 1. The first-order chi connectivity index (χ1) is 12.5. The van der Waals surface area contributed by atoms with Gasteiger partial charge in [-0.15, -0.1) is 0 Å². The number of rotatable bonds is 4. The van der Waals surface area contributed by atoms with Crippen molar-refractivity contribution < 1.29 is 9.47 Å². The van der Waals surface area contributed by atoms with E-state index in [1.165, 1.54) is 5.56 Å². The van der Waals surface area contributed by atoms with E-state index in [-0.39, 0.29) is 0 Å². The van der Waals surface area contributed by atoms with Crippen molar-refractivity contribution >= 4 is 28.7 Å². The van der Waals surface area contributed by atoms with Gasteiger partial charge in [0.05, 0.1) is 5.71 Å². The van der Waals surface area contributed by atoms with Crippen LogP contribution in [0.1, 0.15) is 37.8 Å². The molecule has 1 aliphatic rings. The summed E-state index contributed by atoms with van der Waals surface area (Å²) in [5, 5.41) is 7.93. The van der Waals surface area contributed by atoms with Gasteiger partial charge in [-0.25, -0.2) is 0 Å². The van der Waals surface area contributed by atoms with E-state index in [2.05, 4.69) is 41.8 Å². The summed E-state index contributed by atoms with van der Waals surface area (Å²) in [6, 6.07) is 14.0. The second-order valence-corrected chi connectivity index (χ2v) is 6.81. The Kier molecular flexibility index (Phi) is 5.73. The smallest absolute Gasteiger partial charge is 0.191 e. The SMILES string of the molecule is C/C(=N\NC(=S)Nc1ccc(C(C)C)cc1)c1ccc2c(c1)OCCO2. The van der Waals surface area contributed by atoms with Crippen molar-refractivity contribution in [2.45, 2.75) is 26.7 Å². The van der Waals surface area contributed by atoms with E-state index in [0.717, 1.165) is 28.5 Å². The molecule has 1 aliphatic heterocycles. The lowest BCUT2D eigenvalue weighted by atomic mass is 10.0. The number of hydrogen-bond acceptors (Lipinski definition) is 4. The zero-order chi connectivity index (χ0) is 18.5. The van der Waals surface area contributed by atoms with Gasteiger partial charge in [-0.05, 0) is 61.0 Å². The Hall–Kier alpha value is -2.60. The standard InChI is InChI=1S/C20H23N3O2S/c1-13(2)15-4-7-17(8-5-15)21-20(26)23-22-14(3)16-6-9-18-19(12-16)25-11-10-24-18/h4-9,12-13H,10-11H2,1-3H3,(H2,21,23,26)/b22-14+. The molecule has 136 valence electrons. The number of nitrogens with one attached hydrogen (secondary N) is 2. The monoisotopic (exact) mass is 369 g/mol. The minimum Gasteiger partial charge on any atom is -0.486 e. The summed E-state index contributed by atoms with van der Waals surface area (Å²) in [6.45, 7) is 7.40. The highest BCUT2D eigenvalue weighted by atomic mass is 32.1. The lowest BCUT2D eigenvalue weighted by molar-refractivity contribution is 0.171. The molecule has 26 heavy (non-hydrogen) atoms. The van der Waals surface area contributed by atoms with E-state index in [9.17, 15) is 0 Å². The molecule has 0 aromatic heterocycles. The second-order valence-electron chi connectivity index (χ2n) is 6.40. The molecule has 0 aliphatic carbocycles. The minimum atomic E-state index is 0.444. The van der Waals surface area contributed by atoms with E-state index in [1.54, 1.807) is 0 Å². The highest BCUT2D eigenvalue weighted by Gasteiger charge is 2.12. The summed E-state index contributed by atoms with van der Waals surface area (Å²) in [7, 11) is 0. The van der Waals surface area contributed by atoms with E-state index in [4.69, 9.17) is 21.7 Å². The third-order valence-corrected chi connectivity index (χ3v) is 4.31. The Balaban J connectivity index is 1.60. The molecule has 3 rings (SSSR count). The highest BCUT2D eigenvalue weighted by molar-refractivity contribution is 7.80. The van der Waals surface area contributed by atoms with Gasteiger partial charge in [0.15, 0.2) is 16.6 Å². The van der Waals surface area contributed by atoms with Crippen LogP contribution in [0.2, 0.25) is 0 Å². The number of benzene rings is 2. The zero-order valence-corrected chi connectivity index (χ0v) is 16.0. The maximum absolute atomic E-state index is 5.61. The van der Waals surface area contributed by atoms with Crippen LogP contribution in [0.5, 0.6) is 11.5 Å². The van der Waals surface area contributed by atoms with Crippen LogP contribution in [0, 0.1) is 0 Å². The van der Waals surface area contributed by atoms with Crippen LogP contribution in [0.25, 0.3) is 0 Å². The summed E-state index contributed by atoms with van der Waals surface area (Å²) < 4.78 is 11.1. The number of nitrogens with zero attached hydrogens (tertiary/aromatic N) is 1. The van der Waals surface area contributed by atoms with E-state index < -0.39 is 0 Å². The molecule has 1 heterocycles. The van der Waals surface area contributed by atoms with Crippen molar-refractivity contribution in [2.24, 2.45) is 5.10 Å². The minimum absolute atomic E-state index is 0.444. The van der Waals surface area contributed by atoms with Crippen LogP contribution in [-0.4, -0.2) is 24.0 Å². The molecule has 2 aromatic rings. The van der Waals surface area contributed by atoms with Crippen molar-refractivity contribution in [3.63, 3.8) is 0 Å². The highest BCUT2D eigenvalue weighted by Crippen LogP contribution is 2.30. The van der Waals surface area contributed by atoms with E-state index in [1.807, 2.05) is 37.3 Å². The quantitative estimate of drug-likeness (QED) is 0.478. The average molecular weight is 369 g/mol. The van der Waals surface area contributed by atoms with Gasteiger partial charge in [0, 0.05) is 11.3 Å². The first-order valence-corrected chi connectivity index (χ1v) is 9.05. The van der Waals surface area contributed by atoms with E-state index >= 15 is 0 Å². The van der Waals surface area contributed by atoms with Crippen molar-refractivity contribution in [1.29, 1.82) is 0 Å². The molecule has 0 atom stereocenters. The van der Waals surface area contributed by atoms with Crippen LogP contribution in [-0.2, 0) is 0 Å². The predicted octanol–water partition coefficient (Wildman–Crippen LogP) is 4.29. The first-order valence-electron chi connectivity index (χ1n) is 8.64. The lowest BCUT2D eigenvalue weighted by Crippen LogP contribution is -2.25. The zero-order valence-electron chi connectivity index (χ0n) is 15.2. The van der Waals surface area contributed by atoms with Crippen LogP contribution in [0.3, 0.4) is 0 Å². The average Bonchev–Trinajstić information content (AvgIpc) is 2.66. The van der Waals surface area contributed by atoms with Crippen molar-refractivity contribution in [3.8, 4) is 11.5 Å². The third-order valence-electron chi connectivity index (χ3n) is 4.12. The molecule has 0 fully saturated rings. The Bertz CT molecular complexity index is 816. The van der Waals surface area contributed by atoms with Crippen molar-refractivity contribution in [2.75, 3.05) is 18.5 Å². The maximum atomic E-state index is 5.61. The second kappa shape index (κ2) is 8.19. The van der Waals surface area contributed by atoms with Crippen molar-refractivity contribution in [3.05, 3.63) is 53.6 Å². The summed E-state index contributed by atoms with van der Waals surface area (Å²) in [5.41, 5.74) is 6.86. The normalized spacial score (nSPS) is 13.5. The molecule has 2 aromatic carbocycles. The molecule has 0 saturated carbocycles. The van der Waals surface area contributed by atoms with Gasteiger partial charge >= 0.3 is 0 Å². The molecular formula is C20H23N3O2S. The van der Waals surface area contributed by atoms with Crippen LogP contribution < -0.4 is 20.2 Å². The fraction of sp³-hybridized carbons (Fsp3) is 0.300. The fourth-order valence-electron chi connectivity index (χ4n) is 2.58. The number of anilines is 1. The van der Waals surface area contributed by atoms with Gasteiger partial charge in [-0.3, -0.25) is 5.43 Å². The molecule has 0 bridgehead atoms. The van der Waals surface area contributed by atoms with E-state index in [0.29, 0.717) is 24.2 Å². The molecule has 0 radical (unpaired) electrons. The lowest BCUT2D eigenvalue weighted by Gasteiger charge is -2.18. The van der Waals surface area contributed by atoms with Gasteiger partial charge in [0.25, 0.3) is 0 Å². The number of thiocarbonyl (C=S) groups is 1. The molecule has 0 unspecified atom stereocenters. The Morgan fingerprint density at radius 2 is 1.73 bits per heavy atom. The summed E-state index contributed by atoms with van der Waals surface area (Å²) in [6.07, 6.45) is 0. The summed E-state index contributed by atoms with van der Waals surface area (Å²) >= 11 is 5.31. The largest absolute Gasteiger partial charge is 0.486 e. The van der Waals surface area contributed by atoms with Gasteiger partial charge in [-0.1, -0.05) is 26.0 Å². The Morgan fingerprint density at radius 3 is 2.42 bits per heavy atom. The van der Waals surface area contributed by atoms with Gasteiger partial charge in [-0.2, -0.15) is 5.10 Å².